The van der Waals surface area contributed by atoms with Crippen LogP contribution in [0.3, 0.4) is 0 Å². The van der Waals surface area contributed by atoms with Gasteiger partial charge in [-0.1, -0.05) is 36.9 Å². The molecule has 3 heterocycles. The standard InChI is InChI=1S/C30H31N5O4S/c1-3-24(36)32-18-9-10-19(16-18)33-28(37)27-26-25-23(13-14-31-29(25)40-27)35(30(38)34-26)22-12-11-21(15-17(22)2)39-20-7-5-4-6-8-20/h4-8,11-15,18-19,26-27H,3,9-10,16H2,1-2H3,(H,32,36)(H,33,37)(H,34,38)/t18-,19+,26?,27?/m1/s1. The minimum Gasteiger partial charge on any atom is -0.457 e. The first-order valence-corrected chi connectivity index (χ1v) is 14.5. The van der Waals surface area contributed by atoms with E-state index in [4.69, 9.17) is 4.74 Å². The summed E-state index contributed by atoms with van der Waals surface area (Å²) < 4.78 is 5.97. The number of hydrogen-bond acceptors (Lipinski definition) is 6. The highest BCUT2D eigenvalue weighted by atomic mass is 32.2. The Hall–Kier alpha value is -4.05. The van der Waals surface area contributed by atoms with Gasteiger partial charge in [-0.15, -0.1) is 0 Å². The van der Waals surface area contributed by atoms with Gasteiger partial charge in [0.05, 0.1) is 17.4 Å². The molecular weight excluding hydrogens is 526 g/mol. The van der Waals surface area contributed by atoms with Crippen molar-refractivity contribution in [2.24, 2.45) is 0 Å². The van der Waals surface area contributed by atoms with Crippen LogP contribution in [0, 0.1) is 6.92 Å². The molecule has 2 aromatic carbocycles. The highest BCUT2D eigenvalue weighted by Crippen LogP contribution is 2.51. The van der Waals surface area contributed by atoms with Gasteiger partial charge in [-0.25, -0.2) is 9.78 Å². The van der Waals surface area contributed by atoms with E-state index >= 15 is 0 Å². The van der Waals surface area contributed by atoms with Crippen LogP contribution >= 0.6 is 11.8 Å². The summed E-state index contributed by atoms with van der Waals surface area (Å²) in [5.41, 5.74) is 3.19. The Morgan fingerprint density at radius 3 is 2.58 bits per heavy atom. The average Bonchev–Trinajstić information content (AvgIpc) is 3.55. The minimum absolute atomic E-state index is 0.0125. The molecule has 3 aliphatic rings. The maximum absolute atomic E-state index is 13.5. The molecule has 0 saturated heterocycles. The third kappa shape index (κ3) is 4.99. The first-order chi connectivity index (χ1) is 19.4. The number of ether oxygens (including phenoxy) is 1. The molecule has 1 aromatic heterocycles. The molecule has 4 amide bonds. The number of aromatic nitrogens is 1. The molecule has 206 valence electrons. The number of pyridine rings is 1. The van der Waals surface area contributed by atoms with Crippen molar-refractivity contribution in [3.8, 4) is 11.5 Å². The van der Waals surface area contributed by atoms with Crippen molar-refractivity contribution >= 4 is 41.0 Å². The van der Waals surface area contributed by atoms with Crippen molar-refractivity contribution in [3.63, 3.8) is 0 Å². The Labute approximate surface area is 237 Å². The van der Waals surface area contributed by atoms with E-state index < -0.39 is 11.3 Å². The van der Waals surface area contributed by atoms with Gasteiger partial charge in [0.15, 0.2) is 0 Å². The van der Waals surface area contributed by atoms with Crippen molar-refractivity contribution in [2.45, 2.75) is 67.9 Å². The lowest BCUT2D eigenvalue weighted by molar-refractivity contribution is -0.122. The lowest BCUT2D eigenvalue weighted by Crippen LogP contribution is -2.50. The number of anilines is 2. The SMILES string of the molecule is CCC(=O)N[C@@H]1CC[C@H](NC(=O)C2Sc3nccc4c3C2NC(=O)N4c2ccc(Oc3ccccc3)cc2C)C1. The van der Waals surface area contributed by atoms with Gasteiger partial charge in [0.25, 0.3) is 0 Å². The van der Waals surface area contributed by atoms with Crippen LogP contribution in [0.2, 0.25) is 0 Å². The number of aryl methyl sites for hydroxylation is 1. The number of rotatable bonds is 7. The van der Waals surface area contributed by atoms with E-state index in [0.29, 0.717) is 18.6 Å². The Kier molecular flexibility index (Phi) is 7.10. The lowest BCUT2D eigenvalue weighted by Gasteiger charge is -2.35. The molecule has 2 unspecified atom stereocenters. The number of thioether (sulfide) groups is 1. The molecule has 2 aliphatic heterocycles. The van der Waals surface area contributed by atoms with E-state index in [0.717, 1.165) is 46.1 Å². The smallest absolute Gasteiger partial charge is 0.327 e. The third-order valence-electron chi connectivity index (χ3n) is 7.62. The van der Waals surface area contributed by atoms with Gasteiger partial charge in [-0.3, -0.25) is 14.5 Å². The van der Waals surface area contributed by atoms with Crippen molar-refractivity contribution in [1.29, 1.82) is 0 Å². The highest BCUT2D eigenvalue weighted by Gasteiger charge is 2.47. The summed E-state index contributed by atoms with van der Waals surface area (Å²) in [6.45, 7) is 3.77. The highest BCUT2D eigenvalue weighted by molar-refractivity contribution is 8.01. The molecule has 40 heavy (non-hydrogen) atoms. The number of nitrogens with one attached hydrogen (secondary N) is 3. The molecule has 3 aromatic rings. The van der Waals surface area contributed by atoms with E-state index in [1.807, 2.05) is 68.4 Å². The first kappa shape index (κ1) is 26.2. The number of hydrogen-bond donors (Lipinski definition) is 3. The molecule has 0 radical (unpaired) electrons. The fourth-order valence-electron chi connectivity index (χ4n) is 5.69. The van der Waals surface area contributed by atoms with Crippen LogP contribution < -0.4 is 25.6 Å². The Morgan fingerprint density at radius 1 is 1.05 bits per heavy atom. The molecule has 1 saturated carbocycles. The maximum Gasteiger partial charge on any atom is 0.327 e. The second-order valence-corrected chi connectivity index (χ2v) is 11.5. The van der Waals surface area contributed by atoms with Gasteiger partial charge in [-0.2, -0.15) is 0 Å². The van der Waals surface area contributed by atoms with Crippen molar-refractivity contribution in [1.82, 2.24) is 20.9 Å². The number of amides is 4. The summed E-state index contributed by atoms with van der Waals surface area (Å²) in [5, 5.41) is 9.48. The van der Waals surface area contributed by atoms with E-state index in [2.05, 4.69) is 20.9 Å². The molecule has 0 spiro atoms. The van der Waals surface area contributed by atoms with E-state index in [1.54, 1.807) is 11.1 Å². The molecule has 9 nitrogen and oxygen atoms in total. The van der Waals surface area contributed by atoms with Gasteiger partial charge in [0.2, 0.25) is 11.8 Å². The van der Waals surface area contributed by atoms with Crippen LogP contribution in [-0.4, -0.2) is 40.2 Å². The number of carbonyl (C=O) groups is 3. The van der Waals surface area contributed by atoms with Crippen LogP contribution in [-0.2, 0) is 9.59 Å². The number of para-hydroxylation sites is 1. The zero-order valence-electron chi connectivity index (χ0n) is 22.3. The van der Waals surface area contributed by atoms with Gasteiger partial charge in [0, 0.05) is 30.3 Å². The third-order valence-corrected chi connectivity index (χ3v) is 8.91. The molecule has 1 fully saturated rings. The summed E-state index contributed by atoms with van der Waals surface area (Å²) in [6.07, 6.45) is 4.49. The molecule has 4 atom stereocenters. The normalized spacial score (nSPS) is 22.9. The minimum atomic E-state index is -0.526. The molecular formula is C30H31N5O4S. The van der Waals surface area contributed by atoms with E-state index in [9.17, 15) is 14.4 Å². The molecule has 1 aliphatic carbocycles. The van der Waals surface area contributed by atoms with Crippen molar-refractivity contribution in [3.05, 3.63) is 71.9 Å². The van der Waals surface area contributed by atoms with Crippen LogP contribution in [0.4, 0.5) is 16.2 Å². The molecule has 3 N–H and O–H groups in total. The van der Waals surface area contributed by atoms with Crippen LogP contribution in [0.15, 0.2) is 65.8 Å². The van der Waals surface area contributed by atoms with Crippen LogP contribution in [0.1, 0.15) is 49.8 Å². The van der Waals surface area contributed by atoms with Gasteiger partial charge < -0.3 is 20.7 Å². The molecule has 6 rings (SSSR count). The second-order valence-electron chi connectivity index (χ2n) is 10.3. The average molecular weight is 558 g/mol. The quantitative estimate of drug-likeness (QED) is 0.372. The van der Waals surface area contributed by atoms with Gasteiger partial charge in [0.1, 0.15) is 21.8 Å². The Bertz CT molecular complexity index is 1470. The van der Waals surface area contributed by atoms with Crippen molar-refractivity contribution < 1.29 is 19.1 Å². The number of urea groups is 1. The molecule has 10 heteroatoms. The number of carbonyl (C=O) groups excluding carboxylic acids is 3. The van der Waals surface area contributed by atoms with Gasteiger partial charge >= 0.3 is 6.03 Å². The monoisotopic (exact) mass is 557 g/mol. The predicted octanol–water partition coefficient (Wildman–Crippen LogP) is 5.12. The van der Waals surface area contributed by atoms with Crippen molar-refractivity contribution in [2.75, 3.05) is 4.90 Å². The molecule has 0 bridgehead atoms. The van der Waals surface area contributed by atoms with Gasteiger partial charge in [-0.05, 0) is 68.1 Å². The van der Waals surface area contributed by atoms with E-state index in [1.165, 1.54) is 11.8 Å². The number of benzene rings is 2. The first-order valence-electron chi connectivity index (χ1n) is 13.6. The van der Waals surface area contributed by atoms with Crippen LogP contribution in [0.5, 0.6) is 11.5 Å². The summed E-state index contributed by atoms with van der Waals surface area (Å²) in [4.78, 5) is 44.9. The topological polar surface area (TPSA) is 113 Å². The largest absolute Gasteiger partial charge is 0.457 e. The summed E-state index contributed by atoms with van der Waals surface area (Å²) >= 11 is 1.38. The summed E-state index contributed by atoms with van der Waals surface area (Å²) in [5.74, 6) is 1.32. The zero-order chi connectivity index (χ0) is 27.8. The van der Waals surface area contributed by atoms with Crippen LogP contribution in [0.25, 0.3) is 0 Å². The second kappa shape index (κ2) is 10.8. The Morgan fingerprint density at radius 2 is 1.82 bits per heavy atom. The lowest BCUT2D eigenvalue weighted by atomic mass is 9.99. The predicted molar refractivity (Wildman–Crippen MR) is 153 cm³/mol. The summed E-state index contributed by atoms with van der Waals surface area (Å²) in [7, 11) is 0. The maximum atomic E-state index is 13.5. The zero-order valence-corrected chi connectivity index (χ0v) is 23.2. The summed E-state index contributed by atoms with van der Waals surface area (Å²) in [6, 6.07) is 16.3. The number of nitrogens with zero attached hydrogens (tertiary/aromatic N) is 2. The Balaban J connectivity index is 1.20. The van der Waals surface area contributed by atoms with E-state index in [-0.39, 0.29) is 29.9 Å². The fourth-order valence-corrected chi connectivity index (χ4v) is 6.92. The fraction of sp³-hybridized carbons (Fsp3) is 0.333.